The largest absolute Gasteiger partial charge is 0.297 e. The van der Waals surface area contributed by atoms with Gasteiger partial charge in [-0.05, 0) is 54.8 Å². The minimum absolute atomic E-state index is 0.0672. The molecule has 0 bridgehead atoms. The molecule has 5 aromatic carbocycles. The Morgan fingerprint density at radius 3 is 1.09 bits per heavy atom. The Kier molecular flexibility index (Phi) is 10.5. The number of hydrogen-bond donors (Lipinski definition) is 0. The summed E-state index contributed by atoms with van der Waals surface area (Å²) in [7, 11) is -8.10. The zero-order valence-electron chi connectivity index (χ0n) is 25.8. The summed E-state index contributed by atoms with van der Waals surface area (Å²) in [5.74, 6) is 0. The molecular formula is C37H37NO6S2. The third kappa shape index (κ3) is 7.46. The predicted octanol–water partition coefficient (Wildman–Crippen LogP) is 6.71. The van der Waals surface area contributed by atoms with Crippen LogP contribution >= 0.6 is 0 Å². The van der Waals surface area contributed by atoms with E-state index in [0.717, 1.165) is 27.8 Å². The smallest absolute Gasteiger partial charge is 0.281 e. The fourth-order valence-corrected chi connectivity index (χ4v) is 7.39. The molecule has 238 valence electrons. The average Bonchev–Trinajstić information content (AvgIpc) is 3.07. The van der Waals surface area contributed by atoms with Gasteiger partial charge in [0.25, 0.3) is 20.2 Å². The Bertz CT molecular complexity index is 1740. The molecule has 0 spiro atoms. The zero-order chi connectivity index (χ0) is 32.6. The molecule has 5 rings (SSSR count). The van der Waals surface area contributed by atoms with E-state index >= 15 is 0 Å². The minimum atomic E-state index is -4.05. The summed E-state index contributed by atoms with van der Waals surface area (Å²) in [6.45, 7) is 3.64. The van der Waals surface area contributed by atoms with Gasteiger partial charge in [0.2, 0.25) is 0 Å². The van der Waals surface area contributed by atoms with Crippen LogP contribution in [0.15, 0.2) is 149 Å². The highest BCUT2D eigenvalue weighted by Gasteiger charge is 2.42. The van der Waals surface area contributed by atoms with Crippen molar-refractivity contribution in [3.8, 4) is 0 Å². The second-order valence-corrected chi connectivity index (χ2v) is 14.2. The first kappa shape index (κ1) is 33.2. The Labute approximate surface area is 272 Å². The lowest BCUT2D eigenvalue weighted by Crippen LogP contribution is -2.51. The molecule has 0 aromatic heterocycles. The minimum Gasteiger partial charge on any atom is -0.281 e. The quantitative estimate of drug-likeness (QED) is 0.0971. The van der Waals surface area contributed by atoms with Crippen LogP contribution in [0.1, 0.15) is 27.8 Å². The molecule has 0 fully saturated rings. The normalized spacial score (nSPS) is 12.3. The molecule has 0 heterocycles. The molecular weight excluding hydrogens is 619 g/mol. The van der Waals surface area contributed by atoms with E-state index in [9.17, 15) is 16.8 Å². The summed E-state index contributed by atoms with van der Waals surface area (Å²) in [4.78, 5) is 2.16. The van der Waals surface area contributed by atoms with E-state index in [2.05, 4.69) is 0 Å². The van der Waals surface area contributed by atoms with Gasteiger partial charge < -0.3 is 0 Å². The van der Waals surface area contributed by atoms with Gasteiger partial charge in [0.15, 0.2) is 0 Å². The van der Waals surface area contributed by atoms with Gasteiger partial charge in [-0.25, -0.2) is 0 Å². The van der Waals surface area contributed by atoms with Crippen molar-refractivity contribution in [1.82, 2.24) is 4.90 Å². The van der Waals surface area contributed by atoms with E-state index in [4.69, 9.17) is 8.37 Å². The summed E-state index contributed by atoms with van der Waals surface area (Å²) < 4.78 is 63.8. The van der Waals surface area contributed by atoms with Gasteiger partial charge in [0.1, 0.15) is 0 Å². The van der Waals surface area contributed by atoms with Crippen molar-refractivity contribution < 1.29 is 25.2 Å². The molecule has 5 aromatic rings. The Balaban J connectivity index is 1.55. The number of aryl methyl sites for hydroxylation is 2. The van der Waals surface area contributed by atoms with E-state index < -0.39 is 25.8 Å². The second kappa shape index (κ2) is 14.5. The highest BCUT2D eigenvalue weighted by Crippen LogP contribution is 2.42. The highest BCUT2D eigenvalue weighted by atomic mass is 32.2. The maximum Gasteiger partial charge on any atom is 0.297 e. The average molecular weight is 656 g/mol. The van der Waals surface area contributed by atoms with Crippen molar-refractivity contribution in [3.63, 3.8) is 0 Å². The van der Waals surface area contributed by atoms with Gasteiger partial charge >= 0.3 is 0 Å². The van der Waals surface area contributed by atoms with Gasteiger partial charge in [0, 0.05) is 13.1 Å². The van der Waals surface area contributed by atoms with Crippen LogP contribution in [0.25, 0.3) is 0 Å². The van der Waals surface area contributed by atoms with Gasteiger partial charge in [0.05, 0.1) is 28.5 Å². The van der Waals surface area contributed by atoms with Crippen LogP contribution in [-0.4, -0.2) is 48.0 Å². The van der Waals surface area contributed by atoms with Crippen LogP contribution in [0.3, 0.4) is 0 Å². The molecule has 0 aliphatic rings. The van der Waals surface area contributed by atoms with Gasteiger partial charge in [-0.15, -0.1) is 0 Å². The topological polar surface area (TPSA) is 90.0 Å². The van der Waals surface area contributed by atoms with Crippen molar-refractivity contribution in [2.45, 2.75) is 29.2 Å². The molecule has 0 aliphatic heterocycles. The predicted molar refractivity (Wildman–Crippen MR) is 179 cm³/mol. The van der Waals surface area contributed by atoms with Crippen LogP contribution in [0.5, 0.6) is 0 Å². The van der Waals surface area contributed by atoms with Crippen molar-refractivity contribution >= 4 is 20.2 Å². The number of hydrogen-bond acceptors (Lipinski definition) is 7. The third-order valence-electron chi connectivity index (χ3n) is 7.87. The summed E-state index contributed by atoms with van der Waals surface area (Å²) in [5.41, 5.74) is 3.64. The molecule has 46 heavy (non-hydrogen) atoms. The molecule has 0 saturated carbocycles. The van der Waals surface area contributed by atoms with Crippen LogP contribution in [-0.2, 0) is 34.1 Å². The standard InChI is InChI=1S/C37H37NO6S2/c1-30-18-22-35(23-19-30)45(39,40)43-28-26-38(27-29-44-46(41,42)36-24-20-31(2)21-25-36)37(32-12-6-3-7-13-32,33-14-8-4-9-15-33)34-16-10-5-11-17-34/h3-25H,26-29H2,1-2H3. The maximum absolute atomic E-state index is 13.2. The Morgan fingerprint density at radius 1 is 0.478 bits per heavy atom. The van der Waals surface area contributed by atoms with E-state index in [1.54, 1.807) is 24.3 Å². The fourth-order valence-electron chi connectivity index (χ4n) is 5.59. The van der Waals surface area contributed by atoms with Crippen LogP contribution in [0.2, 0.25) is 0 Å². The monoisotopic (exact) mass is 655 g/mol. The van der Waals surface area contributed by atoms with Crippen molar-refractivity contribution in [1.29, 1.82) is 0 Å². The first-order chi connectivity index (χ1) is 22.1. The lowest BCUT2D eigenvalue weighted by atomic mass is 9.75. The van der Waals surface area contributed by atoms with Crippen molar-refractivity contribution in [2.75, 3.05) is 26.3 Å². The van der Waals surface area contributed by atoms with Crippen LogP contribution in [0, 0.1) is 13.8 Å². The summed E-state index contributed by atoms with van der Waals surface area (Å²) in [5, 5.41) is 0. The van der Waals surface area contributed by atoms with Gasteiger partial charge in [-0.1, -0.05) is 126 Å². The summed E-state index contributed by atoms with van der Waals surface area (Å²) in [6, 6.07) is 42.6. The van der Waals surface area contributed by atoms with Crippen LogP contribution < -0.4 is 0 Å². The molecule has 0 saturated heterocycles. The number of rotatable bonds is 14. The third-order valence-corrected chi connectivity index (χ3v) is 10.5. The molecule has 0 unspecified atom stereocenters. The second-order valence-electron chi connectivity index (χ2n) is 11.0. The lowest BCUT2D eigenvalue weighted by molar-refractivity contribution is 0.109. The zero-order valence-corrected chi connectivity index (χ0v) is 27.5. The first-order valence-corrected chi connectivity index (χ1v) is 17.8. The van der Waals surface area contributed by atoms with E-state index in [0.29, 0.717) is 0 Å². The molecule has 9 heteroatoms. The van der Waals surface area contributed by atoms with Gasteiger partial charge in [-0.3, -0.25) is 13.3 Å². The van der Waals surface area contributed by atoms with Gasteiger partial charge in [-0.2, -0.15) is 16.8 Å². The van der Waals surface area contributed by atoms with Crippen molar-refractivity contribution in [2.24, 2.45) is 0 Å². The van der Waals surface area contributed by atoms with E-state index in [-0.39, 0.29) is 36.1 Å². The molecule has 7 nitrogen and oxygen atoms in total. The molecule has 0 amide bonds. The maximum atomic E-state index is 13.2. The SMILES string of the molecule is Cc1ccc(S(=O)(=O)OCCN(CCOS(=O)(=O)c2ccc(C)cc2)C(c2ccccc2)(c2ccccc2)c2ccccc2)cc1. The number of nitrogens with zero attached hydrogens (tertiary/aromatic N) is 1. The number of benzene rings is 5. The Morgan fingerprint density at radius 2 is 0.783 bits per heavy atom. The molecule has 0 radical (unpaired) electrons. The van der Waals surface area contributed by atoms with E-state index in [1.165, 1.54) is 24.3 Å². The van der Waals surface area contributed by atoms with Crippen molar-refractivity contribution in [3.05, 3.63) is 167 Å². The Hall–Kier alpha value is -4.12. The molecule has 0 aliphatic carbocycles. The molecule has 0 N–H and O–H groups in total. The highest BCUT2D eigenvalue weighted by molar-refractivity contribution is 7.87. The molecule has 0 atom stereocenters. The van der Waals surface area contributed by atoms with Crippen LogP contribution in [0.4, 0.5) is 0 Å². The first-order valence-electron chi connectivity index (χ1n) is 15.0. The summed E-state index contributed by atoms with van der Waals surface area (Å²) in [6.07, 6.45) is 0. The summed E-state index contributed by atoms with van der Waals surface area (Å²) >= 11 is 0. The fraction of sp³-hybridized carbons (Fsp3) is 0.189. The lowest BCUT2D eigenvalue weighted by Gasteiger charge is -2.45. The van der Waals surface area contributed by atoms with E-state index in [1.807, 2.05) is 110 Å².